The standard InChI is InChI=1S/C17H15BrN2O/c1-21-17-4-2-3-13-11-20(8-7-14(13)17)16-6-5-12(10-19)9-15(16)18/h2-6,9H,7-8,11H2,1H3. The van der Waals surface area contributed by atoms with E-state index < -0.39 is 0 Å². The molecule has 3 rings (SSSR count). The molecule has 0 atom stereocenters. The van der Waals surface area contributed by atoms with Gasteiger partial charge in [0.05, 0.1) is 24.4 Å². The number of rotatable bonds is 2. The fraction of sp³-hybridized carbons (Fsp3) is 0.235. The minimum Gasteiger partial charge on any atom is -0.496 e. The summed E-state index contributed by atoms with van der Waals surface area (Å²) in [5.74, 6) is 0.978. The number of methoxy groups -OCH3 is 1. The second kappa shape index (κ2) is 5.79. The number of nitriles is 1. The van der Waals surface area contributed by atoms with Crippen LogP contribution in [0.15, 0.2) is 40.9 Å². The van der Waals surface area contributed by atoms with Crippen LogP contribution < -0.4 is 9.64 Å². The van der Waals surface area contributed by atoms with E-state index >= 15 is 0 Å². The zero-order valence-corrected chi connectivity index (χ0v) is 13.4. The maximum atomic E-state index is 8.95. The predicted octanol–water partition coefficient (Wildman–Crippen LogP) is 3.89. The Balaban J connectivity index is 1.92. The van der Waals surface area contributed by atoms with Crippen LogP contribution in [0.2, 0.25) is 0 Å². The molecule has 0 unspecified atom stereocenters. The highest BCUT2D eigenvalue weighted by molar-refractivity contribution is 9.10. The van der Waals surface area contributed by atoms with Gasteiger partial charge in [0.25, 0.3) is 0 Å². The molecule has 1 aliphatic heterocycles. The van der Waals surface area contributed by atoms with Gasteiger partial charge in [-0.2, -0.15) is 5.26 Å². The molecule has 1 aliphatic rings. The highest BCUT2D eigenvalue weighted by Gasteiger charge is 2.20. The molecule has 0 amide bonds. The third-order valence-electron chi connectivity index (χ3n) is 3.86. The Morgan fingerprint density at radius 3 is 2.86 bits per heavy atom. The highest BCUT2D eigenvalue weighted by Crippen LogP contribution is 2.34. The minimum absolute atomic E-state index is 0.671. The molecular weight excluding hydrogens is 328 g/mol. The average Bonchev–Trinajstić information content (AvgIpc) is 2.53. The van der Waals surface area contributed by atoms with Gasteiger partial charge in [-0.05, 0) is 52.2 Å². The van der Waals surface area contributed by atoms with Crippen LogP contribution in [0.25, 0.3) is 0 Å². The molecule has 0 bridgehead atoms. The van der Waals surface area contributed by atoms with Crippen molar-refractivity contribution in [2.24, 2.45) is 0 Å². The third kappa shape index (κ3) is 2.62. The fourth-order valence-corrected chi connectivity index (χ4v) is 3.43. The maximum Gasteiger partial charge on any atom is 0.122 e. The van der Waals surface area contributed by atoms with Crippen LogP contribution in [-0.4, -0.2) is 13.7 Å². The molecule has 0 saturated carbocycles. The molecule has 1 heterocycles. The number of hydrogen-bond donors (Lipinski definition) is 0. The van der Waals surface area contributed by atoms with Gasteiger partial charge < -0.3 is 9.64 Å². The van der Waals surface area contributed by atoms with E-state index in [9.17, 15) is 0 Å². The normalized spacial score (nSPS) is 13.5. The highest BCUT2D eigenvalue weighted by atomic mass is 79.9. The summed E-state index contributed by atoms with van der Waals surface area (Å²) in [6, 6.07) is 14.1. The Bertz CT molecular complexity index is 721. The summed E-state index contributed by atoms with van der Waals surface area (Å²) >= 11 is 3.57. The quantitative estimate of drug-likeness (QED) is 0.830. The molecule has 0 spiro atoms. The molecule has 0 radical (unpaired) electrons. The van der Waals surface area contributed by atoms with Gasteiger partial charge in [-0.3, -0.25) is 0 Å². The summed E-state index contributed by atoms with van der Waals surface area (Å²) < 4.78 is 6.41. The topological polar surface area (TPSA) is 36.3 Å². The number of benzene rings is 2. The van der Waals surface area contributed by atoms with E-state index in [-0.39, 0.29) is 0 Å². The first-order valence-corrected chi connectivity index (χ1v) is 7.61. The molecule has 21 heavy (non-hydrogen) atoms. The summed E-state index contributed by atoms with van der Waals surface area (Å²) in [6.07, 6.45) is 0.964. The van der Waals surface area contributed by atoms with Gasteiger partial charge >= 0.3 is 0 Å². The molecule has 0 aliphatic carbocycles. The Morgan fingerprint density at radius 1 is 1.29 bits per heavy atom. The average molecular weight is 343 g/mol. The molecule has 0 aromatic heterocycles. The lowest BCUT2D eigenvalue weighted by Gasteiger charge is -2.32. The zero-order valence-electron chi connectivity index (χ0n) is 11.8. The van der Waals surface area contributed by atoms with Crippen molar-refractivity contribution in [3.63, 3.8) is 0 Å². The van der Waals surface area contributed by atoms with Crippen molar-refractivity contribution in [2.45, 2.75) is 13.0 Å². The van der Waals surface area contributed by atoms with E-state index in [1.807, 2.05) is 30.3 Å². The number of halogens is 1. The number of fused-ring (bicyclic) bond motifs is 1. The van der Waals surface area contributed by atoms with E-state index in [0.717, 1.165) is 35.4 Å². The van der Waals surface area contributed by atoms with E-state index in [0.29, 0.717) is 5.56 Å². The van der Waals surface area contributed by atoms with Crippen LogP contribution in [0.4, 0.5) is 5.69 Å². The van der Waals surface area contributed by atoms with Crippen molar-refractivity contribution in [1.29, 1.82) is 5.26 Å². The zero-order chi connectivity index (χ0) is 14.8. The minimum atomic E-state index is 0.671. The van der Waals surface area contributed by atoms with E-state index in [1.165, 1.54) is 11.1 Å². The molecule has 0 fully saturated rings. The van der Waals surface area contributed by atoms with E-state index in [2.05, 4.69) is 33.0 Å². The van der Waals surface area contributed by atoms with Gasteiger partial charge in [-0.25, -0.2) is 0 Å². The summed E-state index contributed by atoms with van der Waals surface area (Å²) in [7, 11) is 1.72. The predicted molar refractivity (Wildman–Crippen MR) is 86.6 cm³/mol. The molecular formula is C17H15BrN2O. The van der Waals surface area contributed by atoms with Gasteiger partial charge in [-0.1, -0.05) is 12.1 Å². The summed E-state index contributed by atoms with van der Waals surface area (Å²) in [6.45, 7) is 1.80. The molecule has 2 aromatic rings. The van der Waals surface area contributed by atoms with Crippen LogP contribution in [0.5, 0.6) is 5.75 Å². The van der Waals surface area contributed by atoms with Gasteiger partial charge in [-0.15, -0.1) is 0 Å². The monoisotopic (exact) mass is 342 g/mol. The van der Waals surface area contributed by atoms with Crippen LogP contribution in [0.1, 0.15) is 16.7 Å². The van der Waals surface area contributed by atoms with Crippen molar-refractivity contribution in [1.82, 2.24) is 0 Å². The Morgan fingerprint density at radius 2 is 2.14 bits per heavy atom. The molecule has 106 valence electrons. The van der Waals surface area contributed by atoms with Crippen molar-refractivity contribution in [2.75, 3.05) is 18.6 Å². The largest absolute Gasteiger partial charge is 0.496 e. The molecule has 2 aromatic carbocycles. The lowest BCUT2D eigenvalue weighted by molar-refractivity contribution is 0.407. The van der Waals surface area contributed by atoms with Crippen LogP contribution in [-0.2, 0) is 13.0 Å². The van der Waals surface area contributed by atoms with Crippen LogP contribution >= 0.6 is 15.9 Å². The smallest absolute Gasteiger partial charge is 0.122 e. The van der Waals surface area contributed by atoms with Gasteiger partial charge in [0.1, 0.15) is 5.75 Å². The number of nitrogens with zero attached hydrogens (tertiary/aromatic N) is 2. The van der Waals surface area contributed by atoms with E-state index in [4.69, 9.17) is 10.00 Å². The molecule has 3 nitrogen and oxygen atoms in total. The van der Waals surface area contributed by atoms with Crippen LogP contribution in [0.3, 0.4) is 0 Å². The lowest BCUT2D eigenvalue weighted by atomic mass is 9.98. The molecule has 0 N–H and O–H groups in total. The fourth-order valence-electron chi connectivity index (χ4n) is 2.80. The molecule has 0 saturated heterocycles. The summed E-state index contributed by atoms with van der Waals surface area (Å²) in [5.41, 5.74) is 4.41. The van der Waals surface area contributed by atoms with Crippen molar-refractivity contribution in [3.8, 4) is 11.8 Å². The second-order valence-electron chi connectivity index (χ2n) is 5.05. The number of hydrogen-bond acceptors (Lipinski definition) is 3. The van der Waals surface area contributed by atoms with Gasteiger partial charge in [0, 0.05) is 23.1 Å². The lowest BCUT2D eigenvalue weighted by Crippen LogP contribution is -2.30. The third-order valence-corrected chi connectivity index (χ3v) is 4.50. The summed E-state index contributed by atoms with van der Waals surface area (Å²) in [5, 5.41) is 8.95. The Hall–Kier alpha value is -1.99. The first-order chi connectivity index (χ1) is 10.2. The Labute approximate surface area is 132 Å². The van der Waals surface area contributed by atoms with Crippen LogP contribution in [0, 0.1) is 11.3 Å². The van der Waals surface area contributed by atoms with Crippen molar-refractivity contribution >= 4 is 21.6 Å². The van der Waals surface area contributed by atoms with Gasteiger partial charge in [0.15, 0.2) is 0 Å². The second-order valence-corrected chi connectivity index (χ2v) is 5.90. The van der Waals surface area contributed by atoms with E-state index in [1.54, 1.807) is 7.11 Å². The first kappa shape index (κ1) is 14.0. The van der Waals surface area contributed by atoms with Crippen molar-refractivity contribution in [3.05, 3.63) is 57.6 Å². The number of anilines is 1. The van der Waals surface area contributed by atoms with Gasteiger partial charge in [0.2, 0.25) is 0 Å². The Kier molecular flexibility index (Phi) is 3.85. The number of ether oxygens (including phenoxy) is 1. The summed E-state index contributed by atoms with van der Waals surface area (Å²) in [4.78, 5) is 2.33. The van der Waals surface area contributed by atoms with Crippen molar-refractivity contribution < 1.29 is 4.74 Å². The first-order valence-electron chi connectivity index (χ1n) is 6.82. The molecule has 4 heteroatoms. The maximum absolute atomic E-state index is 8.95. The SMILES string of the molecule is COc1cccc2c1CCN(c1ccc(C#N)cc1Br)C2.